The minimum Gasteiger partial charge on any atom is -0.492 e. The van der Waals surface area contributed by atoms with Crippen molar-refractivity contribution in [2.75, 3.05) is 27.2 Å². The van der Waals surface area contributed by atoms with Gasteiger partial charge in [-0.05, 0) is 50.6 Å². The maximum atomic E-state index is 5.87. The van der Waals surface area contributed by atoms with Gasteiger partial charge in [-0.1, -0.05) is 31.9 Å². The van der Waals surface area contributed by atoms with E-state index in [1.54, 1.807) is 0 Å². The van der Waals surface area contributed by atoms with Gasteiger partial charge in [-0.3, -0.25) is 0 Å². The SMILES string of the molecule is CNCc1ccc(OCCN(C)C2CCCC(C)C2)cc1. The van der Waals surface area contributed by atoms with Gasteiger partial charge in [-0.15, -0.1) is 0 Å². The minimum atomic E-state index is 0.746. The molecule has 1 aromatic rings. The van der Waals surface area contributed by atoms with Crippen LogP contribution in [0.5, 0.6) is 5.75 Å². The summed E-state index contributed by atoms with van der Waals surface area (Å²) < 4.78 is 5.87. The largest absolute Gasteiger partial charge is 0.492 e. The Morgan fingerprint density at radius 3 is 2.67 bits per heavy atom. The molecule has 1 fully saturated rings. The summed E-state index contributed by atoms with van der Waals surface area (Å²) in [4.78, 5) is 2.48. The maximum Gasteiger partial charge on any atom is 0.119 e. The van der Waals surface area contributed by atoms with Crippen LogP contribution in [-0.4, -0.2) is 38.2 Å². The second-order valence-electron chi connectivity index (χ2n) is 6.43. The molecule has 2 unspecified atom stereocenters. The third-order valence-electron chi connectivity index (χ3n) is 4.55. The molecule has 1 aromatic carbocycles. The average Bonchev–Trinajstić information content (AvgIpc) is 2.49. The number of ether oxygens (including phenoxy) is 1. The van der Waals surface area contributed by atoms with Crippen LogP contribution in [0, 0.1) is 5.92 Å². The predicted octanol–water partition coefficient (Wildman–Crippen LogP) is 3.30. The Balaban J connectivity index is 1.70. The quantitative estimate of drug-likeness (QED) is 0.834. The molecule has 3 heteroatoms. The Hall–Kier alpha value is -1.06. The molecular weight excluding hydrogens is 260 g/mol. The predicted molar refractivity (Wildman–Crippen MR) is 88.8 cm³/mol. The minimum absolute atomic E-state index is 0.746. The van der Waals surface area contributed by atoms with Gasteiger partial charge in [0.1, 0.15) is 12.4 Å². The van der Waals surface area contributed by atoms with E-state index in [4.69, 9.17) is 4.74 Å². The Morgan fingerprint density at radius 2 is 2.00 bits per heavy atom. The van der Waals surface area contributed by atoms with Gasteiger partial charge in [0.25, 0.3) is 0 Å². The number of nitrogens with one attached hydrogen (secondary N) is 1. The standard InChI is InChI=1S/C18H30N2O/c1-15-5-4-6-17(13-15)20(3)11-12-21-18-9-7-16(8-10-18)14-19-2/h7-10,15,17,19H,4-6,11-14H2,1-3H3. The molecule has 118 valence electrons. The van der Waals surface area contributed by atoms with Crippen molar-refractivity contribution in [2.24, 2.45) is 5.92 Å². The van der Waals surface area contributed by atoms with E-state index in [1.165, 1.54) is 31.2 Å². The summed E-state index contributed by atoms with van der Waals surface area (Å²) in [6.07, 6.45) is 5.47. The fraction of sp³-hybridized carbons (Fsp3) is 0.667. The van der Waals surface area contributed by atoms with Crippen LogP contribution in [0.3, 0.4) is 0 Å². The Kier molecular flexibility index (Phi) is 6.52. The molecule has 21 heavy (non-hydrogen) atoms. The van der Waals surface area contributed by atoms with Gasteiger partial charge in [0.2, 0.25) is 0 Å². The maximum absolute atomic E-state index is 5.87. The first-order valence-corrected chi connectivity index (χ1v) is 8.25. The lowest BCUT2D eigenvalue weighted by Crippen LogP contribution is -2.37. The zero-order chi connectivity index (χ0) is 15.1. The van der Waals surface area contributed by atoms with Crippen LogP contribution in [0.4, 0.5) is 0 Å². The number of nitrogens with zero attached hydrogens (tertiary/aromatic N) is 1. The topological polar surface area (TPSA) is 24.5 Å². The van der Waals surface area contributed by atoms with E-state index in [0.717, 1.165) is 37.4 Å². The molecule has 1 saturated carbocycles. The first-order chi connectivity index (χ1) is 10.2. The zero-order valence-corrected chi connectivity index (χ0v) is 13.8. The lowest BCUT2D eigenvalue weighted by molar-refractivity contribution is 0.141. The summed E-state index contributed by atoms with van der Waals surface area (Å²) in [5.74, 6) is 1.85. The normalized spacial score (nSPS) is 22.5. The van der Waals surface area contributed by atoms with Gasteiger partial charge in [0.05, 0.1) is 0 Å². The smallest absolute Gasteiger partial charge is 0.119 e. The van der Waals surface area contributed by atoms with E-state index in [2.05, 4.69) is 48.5 Å². The highest BCUT2D eigenvalue weighted by Crippen LogP contribution is 2.26. The third kappa shape index (κ3) is 5.33. The summed E-state index contributed by atoms with van der Waals surface area (Å²) in [6.45, 7) is 5.06. The Morgan fingerprint density at radius 1 is 1.24 bits per heavy atom. The summed E-state index contributed by atoms with van der Waals surface area (Å²) in [7, 11) is 4.20. The first-order valence-electron chi connectivity index (χ1n) is 8.25. The molecule has 1 aliphatic carbocycles. The van der Waals surface area contributed by atoms with Crippen LogP contribution in [0.1, 0.15) is 38.2 Å². The van der Waals surface area contributed by atoms with Gasteiger partial charge < -0.3 is 15.0 Å². The van der Waals surface area contributed by atoms with Crippen LogP contribution in [0.15, 0.2) is 24.3 Å². The molecule has 2 atom stereocenters. The first kappa shape index (κ1) is 16.3. The molecule has 1 aliphatic rings. The lowest BCUT2D eigenvalue weighted by Gasteiger charge is -2.34. The van der Waals surface area contributed by atoms with Gasteiger partial charge in [0.15, 0.2) is 0 Å². The zero-order valence-electron chi connectivity index (χ0n) is 13.8. The van der Waals surface area contributed by atoms with Gasteiger partial charge >= 0.3 is 0 Å². The molecule has 0 bridgehead atoms. The van der Waals surface area contributed by atoms with E-state index in [0.29, 0.717) is 0 Å². The number of rotatable bonds is 7. The molecule has 0 radical (unpaired) electrons. The highest BCUT2D eigenvalue weighted by atomic mass is 16.5. The van der Waals surface area contributed by atoms with Crippen molar-refractivity contribution in [1.29, 1.82) is 0 Å². The van der Waals surface area contributed by atoms with Crippen molar-refractivity contribution in [3.63, 3.8) is 0 Å². The summed E-state index contributed by atoms with van der Waals surface area (Å²) in [6, 6.07) is 9.12. The molecule has 1 N–H and O–H groups in total. The second-order valence-corrected chi connectivity index (χ2v) is 6.43. The van der Waals surface area contributed by atoms with Crippen molar-refractivity contribution in [2.45, 2.75) is 45.2 Å². The number of benzene rings is 1. The average molecular weight is 290 g/mol. The van der Waals surface area contributed by atoms with E-state index < -0.39 is 0 Å². The highest BCUT2D eigenvalue weighted by Gasteiger charge is 2.21. The van der Waals surface area contributed by atoms with Crippen molar-refractivity contribution in [1.82, 2.24) is 10.2 Å². The van der Waals surface area contributed by atoms with Crippen LogP contribution in [0.2, 0.25) is 0 Å². The van der Waals surface area contributed by atoms with Gasteiger partial charge in [-0.25, -0.2) is 0 Å². The third-order valence-corrected chi connectivity index (χ3v) is 4.55. The van der Waals surface area contributed by atoms with Crippen molar-refractivity contribution in [3.05, 3.63) is 29.8 Å². The van der Waals surface area contributed by atoms with Crippen LogP contribution in [-0.2, 0) is 6.54 Å². The van der Waals surface area contributed by atoms with Gasteiger partial charge in [0, 0.05) is 19.1 Å². The van der Waals surface area contributed by atoms with Crippen LogP contribution >= 0.6 is 0 Å². The summed E-state index contributed by atoms with van der Waals surface area (Å²) in [5.41, 5.74) is 1.29. The van der Waals surface area contributed by atoms with E-state index in [-0.39, 0.29) is 0 Å². The monoisotopic (exact) mass is 290 g/mol. The number of hydrogen-bond acceptors (Lipinski definition) is 3. The lowest BCUT2D eigenvalue weighted by atomic mass is 9.86. The van der Waals surface area contributed by atoms with Crippen LogP contribution < -0.4 is 10.1 Å². The fourth-order valence-corrected chi connectivity index (χ4v) is 3.20. The molecule has 0 amide bonds. The highest BCUT2D eigenvalue weighted by molar-refractivity contribution is 5.27. The van der Waals surface area contributed by atoms with E-state index in [1.807, 2.05) is 7.05 Å². The van der Waals surface area contributed by atoms with Crippen molar-refractivity contribution in [3.8, 4) is 5.75 Å². The molecule has 0 saturated heterocycles. The summed E-state index contributed by atoms with van der Waals surface area (Å²) >= 11 is 0. The van der Waals surface area contributed by atoms with E-state index >= 15 is 0 Å². The molecule has 2 rings (SSSR count). The molecule has 3 nitrogen and oxygen atoms in total. The Labute approximate surface area is 129 Å². The molecular formula is C18H30N2O. The number of likely N-dealkylation sites (N-methyl/N-ethyl adjacent to an activating group) is 1. The van der Waals surface area contributed by atoms with Crippen molar-refractivity contribution < 1.29 is 4.74 Å². The van der Waals surface area contributed by atoms with Gasteiger partial charge in [-0.2, -0.15) is 0 Å². The molecule has 0 aromatic heterocycles. The molecule has 0 spiro atoms. The summed E-state index contributed by atoms with van der Waals surface area (Å²) in [5, 5.41) is 3.15. The van der Waals surface area contributed by atoms with Crippen LogP contribution in [0.25, 0.3) is 0 Å². The molecule has 0 aliphatic heterocycles. The second kappa shape index (κ2) is 8.40. The van der Waals surface area contributed by atoms with Crippen molar-refractivity contribution >= 4 is 0 Å². The molecule has 0 heterocycles. The number of hydrogen-bond donors (Lipinski definition) is 1. The fourth-order valence-electron chi connectivity index (χ4n) is 3.20. The van der Waals surface area contributed by atoms with E-state index in [9.17, 15) is 0 Å². The Bertz CT molecular complexity index is 404.